The van der Waals surface area contributed by atoms with Crippen LogP contribution >= 0.6 is 0 Å². The summed E-state index contributed by atoms with van der Waals surface area (Å²) in [7, 11) is 0. The highest BCUT2D eigenvalue weighted by molar-refractivity contribution is 5.33. The molecule has 0 bridgehead atoms. The van der Waals surface area contributed by atoms with E-state index in [4.69, 9.17) is 0 Å². The predicted octanol–water partition coefficient (Wildman–Crippen LogP) is 1.31. The first-order valence-corrected chi connectivity index (χ1v) is 4.90. The maximum absolute atomic E-state index is 12.7. The molecule has 0 unspecified atom stereocenters. The number of nitrogens with one attached hydrogen (secondary N) is 1. The number of H-pyrrole nitrogens is 1. The zero-order valence-corrected chi connectivity index (χ0v) is 9.09. The average Bonchev–Trinajstić information content (AvgIpc) is 2.57. The van der Waals surface area contributed by atoms with Gasteiger partial charge in [0.25, 0.3) is 11.3 Å². The summed E-state index contributed by atoms with van der Waals surface area (Å²) < 4.78 is 39.0. The van der Waals surface area contributed by atoms with Gasteiger partial charge in [0.2, 0.25) is 0 Å². The van der Waals surface area contributed by atoms with E-state index in [2.05, 4.69) is 15.1 Å². The van der Waals surface area contributed by atoms with Crippen LogP contribution in [-0.4, -0.2) is 19.6 Å². The lowest BCUT2D eigenvalue weighted by Crippen LogP contribution is -2.26. The van der Waals surface area contributed by atoms with Crippen molar-refractivity contribution in [1.82, 2.24) is 19.6 Å². The van der Waals surface area contributed by atoms with E-state index in [0.717, 1.165) is 4.52 Å². The highest BCUT2D eigenvalue weighted by atomic mass is 19.4. The van der Waals surface area contributed by atoms with E-state index in [1.807, 2.05) is 0 Å². The number of fused-ring (bicyclic) bond motifs is 1. The molecule has 8 heteroatoms. The summed E-state index contributed by atoms with van der Waals surface area (Å²) in [6.45, 7) is 3.01. The number of halogens is 3. The van der Waals surface area contributed by atoms with E-state index in [9.17, 15) is 18.0 Å². The molecule has 2 aromatic rings. The standard InChI is InChI=1S/C9H9F3N4O/c1-3-5-6(9(10,11)12)14-8-13-4(2)15-16(8)7(5)17/h3H2,1-2H3,(H,13,14,15). The largest absolute Gasteiger partial charge is 0.433 e. The molecule has 17 heavy (non-hydrogen) atoms. The Morgan fingerprint density at radius 3 is 2.53 bits per heavy atom. The summed E-state index contributed by atoms with van der Waals surface area (Å²) >= 11 is 0. The molecule has 0 spiro atoms. The van der Waals surface area contributed by atoms with Crippen LogP contribution in [0.3, 0.4) is 0 Å². The number of nitrogens with zero attached hydrogens (tertiary/aromatic N) is 3. The van der Waals surface area contributed by atoms with Crippen LogP contribution in [0, 0.1) is 6.92 Å². The Kier molecular flexibility index (Phi) is 2.44. The fourth-order valence-electron chi connectivity index (χ4n) is 1.61. The molecule has 1 N–H and O–H groups in total. The van der Waals surface area contributed by atoms with Crippen LogP contribution in [0.15, 0.2) is 4.79 Å². The fourth-order valence-corrected chi connectivity index (χ4v) is 1.61. The molecule has 5 nitrogen and oxygen atoms in total. The molecule has 2 rings (SSSR count). The van der Waals surface area contributed by atoms with Crippen molar-refractivity contribution in [3.8, 4) is 0 Å². The molecule has 0 fully saturated rings. The Morgan fingerprint density at radius 1 is 1.35 bits per heavy atom. The van der Waals surface area contributed by atoms with Crippen LogP contribution in [0.1, 0.15) is 24.0 Å². The molecule has 92 valence electrons. The summed E-state index contributed by atoms with van der Waals surface area (Å²) in [4.78, 5) is 18.9. The Bertz CT molecular complexity index is 625. The smallest absolute Gasteiger partial charge is 0.275 e. The predicted molar refractivity (Wildman–Crippen MR) is 52.7 cm³/mol. The highest BCUT2D eigenvalue weighted by Gasteiger charge is 2.37. The van der Waals surface area contributed by atoms with Gasteiger partial charge in [-0.25, -0.2) is 4.98 Å². The summed E-state index contributed by atoms with van der Waals surface area (Å²) in [5, 5.41) is 2.54. The van der Waals surface area contributed by atoms with E-state index in [1.165, 1.54) is 13.8 Å². The second-order valence-corrected chi connectivity index (χ2v) is 3.54. The SMILES string of the molecule is CCc1c(C(F)(F)F)nc2nc(C)[nH]n2c1=O. The van der Waals surface area contributed by atoms with Crippen molar-refractivity contribution in [2.24, 2.45) is 0 Å². The Morgan fingerprint density at radius 2 is 2.00 bits per heavy atom. The van der Waals surface area contributed by atoms with Crippen LogP contribution in [0.2, 0.25) is 0 Å². The fraction of sp³-hybridized carbons (Fsp3) is 0.444. The van der Waals surface area contributed by atoms with Gasteiger partial charge in [0.1, 0.15) is 5.82 Å². The Hall–Kier alpha value is -1.86. The lowest BCUT2D eigenvalue weighted by atomic mass is 10.2. The number of hydrogen-bond acceptors (Lipinski definition) is 3. The van der Waals surface area contributed by atoms with Gasteiger partial charge < -0.3 is 0 Å². The molecular weight excluding hydrogens is 237 g/mol. The number of aryl methyl sites for hydroxylation is 1. The number of hydrogen-bond donors (Lipinski definition) is 1. The summed E-state index contributed by atoms with van der Waals surface area (Å²) in [6.07, 6.45) is -4.69. The molecule has 0 aliphatic heterocycles. The number of alkyl halides is 3. The van der Waals surface area contributed by atoms with Crippen LogP contribution in [0.25, 0.3) is 5.78 Å². The quantitative estimate of drug-likeness (QED) is 0.825. The maximum Gasteiger partial charge on any atom is 0.433 e. The number of rotatable bonds is 1. The average molecular weight is 246 g/mol. The molecule has 0 amide bonds. The molecule has 2 heterocycles. The molecule has 0 aromatic carbocycles. The van der Waals surface area contributed by atoms with Gasteiger partial charge in [-0.05, 0) is 13.3 Å². The van der Waals surface area contributed by atoms with E-state index in [-0.39, 0.29) is 17.8 Å². The van der Waals surface area contributed by atoms with E-state index >= 15 is 0 Å². The third-order valence-corrected chi connectivity index (χ3v) is 2.32. The van der Waals surface area contributed by atoms with Gasteiger partial charge in [0, 0.05) is 5.56 Å². The normalized spacial score (nSPS) is 12.3. The minimum atomic E-state index is -4.65. The minimum absolute atomic E-state index is 0.0400. The minimum Gasteiger partial charge on any atom is -0.275 e. The maximum atomic E-state index is 12.7. The van der Waals surface area contributed by atoms with Gasteiger partial charge in [0.15, 0.2) is 5.69 Å². The van der Waals surface area contributed by atoms with Gasteiger partial charge >= 0.3 is 6.18 Å². The zero-order valence-electron chi connectivity index (χ0n) is 9.09. The lowest BCUT2D eigenvalue weighted by molar-refractivity contribution is -0.141. The number of aromatic amines is 1. The monoisotopic (exact) mass is 246 g/mol. The lowest BCUT2D eigenvalue weighted by Gasteiger charge is -2.09. The molecule has 0 atom stereocenters. The Labute approximate surface area is 93.3 Å². The van der Waals surface area contributed by atoms with Crippen molar-refractivity contribution in [1.29, 1.82) is 0 Å². The molecular formula is C9H9F3N4O. The van der Waals surface area contributed by atoms with E-state index in [0.29, 0.717) is 5.82 Å². The summed E-state index contributed by atoms with van der Waals surface area (Å²) in [6, 6.07) is 0. The molecule has 0 saturated heterocycles. The second kappa shape index (κ2) is 3.57. The summed E-state index contributed by atoms with van der Waals surface area (Å²) in [5.41, 5.74) is -2.28. The third-order valence-electron chi connectivity index (χ3n) is 2.32. The summed E-state index contributed by atoms with van der Waals surface area (Å²) in [5.74, 6) is 0.0630. The van der Waals surface area contributed by atoms with Crippen molar-refractivity contribution in [3.63, 3.8) is 0 Å². The first kappa shape index (κ1) is 11.6. The van der Waals surface area contributed by atoms with Crippen LogP contribution < -0.4 is 5.56 Å². The first-order chi connectivity index (χ1) is 7.84. The van der Waals surface area contributed by atoms with Crippen molar-refractivity contribution in [2.75, 3.05) is 0 Å². The Balaban J connectivity index is 2.89. The van der Waals surface area contributed by atoms with E-state index in [1.54, 1.807) is 0 Å². The van der Waals surface area contributed by atoms with Gasteiger partial charge in [0.05, 0.1) is 0 Å². The van der Waals surface area contributed by atoms with Crippen molar-refractivity contribution in [2.45, 2.75) is 26.4 Å². The van der Waals surface area contributed by atoms with Crippen molar-refractivity contribution in [3.05, 3.63) is 27.4 Å². The van der Waals surface area contributed by atoms with Crippen molar-refractivity contribution < 1.29 is 13.2 Å². The molecule has 0 saturated carbocycles. The van der Waals surface area contributed by atoms with Crippen LogP contribution in [-0.2, 0) is 12.6 Å². The van der Waals surface area contributed by atoms with E-state index < -0.39 is 17.4 Å². The van der Waals surface area contributed by atoms with Gasteiger partial charge in [-0.1, -0.05) is 6.92 Å². The topological polar surface area (TPSA) is 63.1 Å². The van der Waals surface area contributed by atoms with Crippen molar-refractivity contribution >= 4 is 5.78 Å². The van der Waals surface area contributed by atoms with Gasteiger partial charge in [-0.3, -0.25) is 9.89 Å². The van der Waals surface area contributed by atoms with Crippen LogP contribution in [0.5, 0.6) is 0 Å². The first-order valence-electron chi connectivity index (χ1n) is 4.90. The highest BCUT2D eigenvalue weighted by Crippen LogP contribution is 2.29. The molecule has 0 radical (unpaired) electrons. The molecule has 0 aliphatic rings. The number of aromatic nitrogens is 4. The van der Waals surface area contributed by atoms with Gasteiger partial charge in [-0.2, -0.15) is 22.7 Å². The second-order valence-electron chi connectivity index (χ2n) is 3.54. The van der Waals surface area contributed by atoms with Crippen LogP contribution in [0.4, 0.5) is 13.2 Å². The third kappa shape index (κ3) is 1.79. The molecule has 0 aliphatic carbocycles. The zero-order chi connectivity index (χ0) is 12.8. The molecule has 2 aromatic heterocycles. The van der Waals surface area contributed by atoms with Gasteiger partial charge in [-0.15, -0.1) is 0 Å².